The SMILES string of the molecule is COc1nc(N[C@H]2O[C@@H](CO)[C@@H](O)[C@@H](O)[C@@H]2O)c(Br)c(=O)n1C. The third kappa shape index (κ3) is 3.34. The second kappa shape index (κ2) is 7.11. The first-order valence-electron chi connectivity index (χ1n) is 6.69. The molecular weight excluding hydrogens is 378 g/mol. The molecule has 0 aliphatic carbocycles. The van der Waals surface area contributed by atoms with Crippen molar-refractivity contribution in [2.75, 3.05) is 19.0 Å². The van der Waals surface area contributed by atoms with Crippen LogP contribution in [-0.2, 0) is 11.8 Å². The molecule has 10 nitrogen and oxygen atoms in total. The Balaban J connectivity index is 2.31. The van der Waals surface area contributed by atoms with Gasteiger partial charge in [-0.05, 0) is 15.9 Å². The highest BCUT2D eigenvalue weighted by Crippen LogP contribution is 2.25. The van der Waals surface area contributed by atoms with E-state index in [9.17, 15) is 20.1 Å². The molecule has 0 bridgehead atoms. The van der Waals surface area contributed by atoms with Crippen LogP contribution in [0.25, 0.3) is 0 Å². The predicted octanol–water partition coefficient (Wildman–Crippen LogP) is -2.24. The standard InChI is InChI=1S/C12H18BrN3O7/c1-16-11(21)5(13)9(15-12(16)22-2)14-10-8(20)7(19)6(18)4(3-17)23-10/h4,6-8,10,14,17-20H,3H2,1-2H3/t4-,6+,7+,8-,10-/m0/s1. The third-order valence-corrected chi connectivity index (χ3v) is 4.26. The molecule has 1 aromatic rings. The Morgan fingerprint density at radius 2 is 2.00 bits per heavy atom. The fourth-order valence-electron chi connectivity index (χ4n) is 2.19. The molecule has 1 saturated heterocycles. The zero-order chi connectivity index (χ0) is 17.3. The molecular formula is C12H18BrN3O7. The summed E-state index contributed by atoms with van der Waals surface area (Å²) in [4.78, 5) is 16.1. The number of anilines is 1. The molecule has 0 spiro atoms. The minimum absolute atomic E-state index is 0.0188. The van der Waals surface area contributed by atoms with E-state index in [1.165, 1.54) is 18.7 Å². The van der Waals surface area contributed by atoms with E-state index in [-0.39, 0.29) is 16.3 Å². The molecule has 0 saturated carbocycles. The van der Waals surface area contributed by atoms with E-state index >= 15 is 0 Å². The van der Waals surface area contributed by atoms with Gasteiger partial charge in [-0.3, -0.25) is 9.36 Å². The Morgan fingerprint density at radius 1 is 1.35 bits per heavy atom. The molecule has 0 aromatic carbocycles. The highest BCUT2D eigenvalue weighted by Gasteiger charge is 2.43. The van der Waals surface area contributed by atoms with Crippen LogP contribution >= 0.6 is 15.9 Å². The van der Waals surface area contributed by atoms with Crippen LogP contribution in [0.3, 0.4) is 0 Å². The third-order valence-electron chi connectivity index (χ3n) is 3.55. The van der Waals surface area contributed by atoms with Gasteiger partial charge in [0.05, 0.1) is 13.7 Å². The van der Waals surface area contributed by atoms with Crippen LogP contribution in [0, 0.1) is 0 Å². The van der Waals surface area contributed by atoms with Gasteiger partial charge >= 0.3 is 6.01 Å². The highest BCUT2D eigenvalue weighted by molar-refractivity contribution is 9.10. The van der Waals surface area contributed by atoms with Crippen LogP contribution in [0.1, 0.15) is 0 Å². The summed E-state index contributed by atoms with van der Waals surface area (Å²) in [6.07, 6.45) is -6.78. The Morgan fingerprint density at radius 3 is 2.57 bits per heavy atom. The number of aliphatic hydroxyl groups is 4. The molecule has 1 aliphatic rings. The van der Waals surface area contributed by atoms with Crippen molar-refractivity contribution in [3.63, 3.8) is 0 Å². The number of halogens is 1. The van der Waals surface area contributed by atoms with E-state index in [2.05, 4.69) is 26.2 Å². The fourth-order valence-corrected chi connectivity index (χ4v) is 2.66. The molecule has 0 unspecified atom stereocenters. The van der Waals surface area contributed by atoms with Gasteiger partial charge < -0.3 is 35.2 Å². The number of nitrogens with zero attached hydrogens (tertiary/aromatic N) is 2. The molecule has 0 radical (unpaired) electrons. The number of ether oxygens (including phenoxy) is 2. The Labute approximate surface area is 139 Å². The van der Waals surface area contributed by atoms with Crippen LogP contribution in [0.2, 0.25) is 0 Å². The Bertz CT molecular complexity index is 623. The number of methoxy groups -OCH3 is 1. The van der Waals surface area contributed by atoms with Gasteiger partial charge in [-0.1, -0.05) is 0 Å². The monoisotopic (exact) mass is 395 g/mol. The lowest BCUT2D eigenvalue weighted by Gasteiger charge is -2.40. The lowest BCUT2D eigenvalue weighted by Crippen LogP contribution is -2.60. The smallest absolute Gasteiger partial charge is 0.300 e. The summed E-state index contributed by atoms with van der Waals surface area (Å²) in [5, 5.41) is 41.3. The van der Waals surface area contributed by atoms with Gasteiger partial charge in [0.15, 0.2) is 12.0 Å². The molecule has 5 atom stereocenters. The van der Waals surface area contributed by atoms with Crippen LogP contribution in [0.5, 0.6) is 6.01 Å². The first-order chi connectivity index (χ1) is 10.8. The van der Waals surface area contributed by atoms with E-state index in [1.54, 1.807) is 0 Å². The molecule has 130 valence electrons. The molecule has 2 rings (SSSR count). The number of rotatable bonds is 4. The maximum atomic E-state index is 12.1. The van der Waals surface area contributed by atoms with E-state index in [0.717, 1.165) is 0 Å². The second-order valence-electron chi connectivity index (χ2n) is 5.02. The summed E-state index contributed by atoms with van der Waals surface area (Å²) in [6, 6.07) is 0.0188. The van der Waals surface area contributed by atoms with Crippen molar-refractivity contribution in [1.29, 1.82) is 0 Å². The summed E-state index contributed by atoms with van der Waals surface area (Å²) < 4.78 is 11.5. The summed E-state index contributed by atoms with van der Waals surface area (Å²) in [7, 11) is 2.81. The average Bonchev–Trinajstić information content (AvgIpc) is 2.55. The first-order valence-corrected chi connectivity index (χ1v) is 7.48. The summed E-state index contributed by atoms with van der Waals surface area (Å²) in [5.41, 5.74) is -0.441. The van der Waals surface area contributed by atoms with Gasteiger partial charge in [0, 0.05) is 7.05 Å². The number of hydrogen-bond donors (Lipinski definition) is 5. The van der Waals surface area contributed by atoms with Crippen LogP contribution in [0.15, 0.2) is 9.27 Å². The number of aliphatic hydroxyl groups excluding tert-OH is 4. The summed E-state index contributed by atoms with van der Waals surface area (Å²) >= 11 is 3.09. The Kier molecular flexibility index (Phi) is 5.60. The van der Waals surface area contributed by atoms with E-state index in [0.29, 0.717) is 0 Å². The van der Waals surface area contributed by atoms with Gasteiger partial charge in [0.1, 0.15) is 28.9 Å². The topological polar surface area (TPSA) is 146 Å². The van der Waals surface area contributed by atoms with E-state index < -0.39 is 42.8 Å². The molecule has 1 aromatic heterocycles. The van der Waals surface area contributed by atoms with Crippen molar-refractivity contribution < 1.29 is 29.9 Å². The molecule has 23 heavy (non-hydrogen) atoms. The zero-order valence-corrected chi connectivity index (χ0v) is 14.0. The van der Waals surface area contributed by atoms with E-state index in [4.69, 9.17) is 14.6 Å². The van der Waals surface area contributed by atoms with Crippen molar-refractivity contribution >= 4 is 21.7 Å². The van der Waals surface area contributed by atoms with Crippen molar-refractivity contribution in [3.8, 4) is 6.01 Å². The minimum atomic E-state index is -1.54. The van der Waals surface area contributed by atoms with E-state index in [1.807, 2.05) is 0 Å². The molecule has 5 N–H and O–H groups in total. The van der Waals surface area contributed by atoms with Gasteiger partial charge in [-0.15, -0.1) is 0 Å². The lowest BCUT2D eigenvalue weighted by molar-refractivity contribution is -0.221. The summed E-state index contributed by atoms with van der Waals surface area (Å²) in [5.74, 6) is 0.0225. The number of hydrogen-bond acceptors (Lipinski definition) is 9. The van der Waals surface area contributed by atoms with Crippen LogP contribution in [-0.4, -0.2) is 74.3 Å². The molecule has 1 aliphatic heterocycles. The quantitative estimate of drug-likeness (QED) is 0.381. The van der Waals surface area contributed by atoms with Gasteiger partial charge in [0.2, 0.25) is 0 Å². The molecule has 2 heterocycles. The van der Waals surface area contributed by atoms with Crippen molar-refractivity contribution in [1.82, 2.24) is 9.55 Å². The largest absolute Gasteiger partial charge is 0.468 e. The normalized spacial score (nSPS) is 31.0. The number of nitrogens with one attached hydrogen (secondary N) is 1. The minimum Gasteiger partial charge on any atom is -0.468 e. The van der Waals surface area contributed by atoms with Crippen molar-refractivity contribution in [3.05, 3.63) is 14.8 Å². The summed E-state index contributed by atoms with van der Waals surface area (Å²) in [6.45, 7) is -0.558. The Hall–Kier alpha value is -1.24. The first kappa shape index (κ1) is 18.1. The fraction of sp³-hybridized carbons (Fsp3) is 0.667. The zero-order valence-electron chi connectivity index (χ0n) is 12.4. The average molecular weight is 396 g/mol. The second-order valence-corrected chi connectivity index (χ2v) is 5.81. The molecule has 0 amide bonds. The lowest BCUT2D eigenvalue weighted by atomic mass is 9.98. The molecule has 1 fully saturated rings. The van der Waals surface area contributed by atoms with Crippen LogP contribution in [0.4, 0.5) is 5.82 Å². The van der Waals surface area contributed by atoms with Crippen molar-refractivity contribution in [2.24, 2.45) is 7.05 Å². The van der Waals surface area contributed by atoms with Gasteiger partial charge in [-0.25, -0.2) is 0 Å². The molecule has 11 heteroatoms. The number of aromatic nitrogens is 2. The van der Waals surface area contributed by atoms with Gasteiger partial charge in [-0.2, -0.15) is 4.98 Å². The highest BCUT2D eigenvalue weighted by atomic mass is 79.9. The maximum Gasteiger partial charge on any atom is 0.300 e. The van der Waals surface area contributed by atoms with Crippen molar-refractivity contribution in [2.45, 2.75) is 30.6 Å². The maximum absolute atomic E-state index is 12.1. The van der Waals surface area contributed by atoms with Gasteiger partial charge in [0.25, 0.3) is 5.56 Å². The van der Waals surface area contributed by atoms with Crippen LogP contribution < -0.4 is 15.6 Å². The predicted molar refractivity (Wildman–Crippen MR) is 81.1 cm³/mol.